The molecule has 1 unspecified atom stereocenters. The van der Waals surface area contributed by atoms with Crippen LogP contribution in [0, 0.1) is 0 Å². The van der Waals surface area contributed by atoms with Crippen molar-refractivity contribution in [2.75, 3.05) is 7.11 Å². The van der Waals surface area contributed by atoms with Crippen molar-refractivity contribution in [1.29, 1.82) is 0 Å². The highest BCUT2D eigenvalue weighted by Gasteiger charge is 2.30. The molecule has 1 aliphatic carbocycles. The Morgan fingerprint density at radius 2 is 2.00 bits per heavy atom. The van der Waals surface area contributed by atoms with Crippen molar-refractivity contribution in [2.24, 2.45) is 0 Å². The van der Waals surface area contributed by atoms with Crippen LogP contribution in [0.3, 0.4) is 0 Å². The van der Waals surface area contributed by atoms with E-state index in [0.29, 0.717) is 12.1 Å². The number of rotatable bonds is 5. The Hall–Kier alpha value is -3.26. The molecule has 2 aromatic carbocycles. The van der Waals surface area contributed by atoms with Crippen molar-refractivity contribution in [3.05, 3.63) is 63.4 Å². The molecule has 166 valence electrons. The average molecular weight is 440 g/mol. The van der Waals surface area contributed by atoms with E-state index in [9.17, 15) is 18.4 Å². The number of hydrogen-bond donors (Lipinski definition) is 1. The molecular weight excluding hydrogens is 418 g/mol. The third-order valence-corrected chi connectivity index (χ3v) is 6.22. The highest BCUT2D eigenvalue weighted by atomic mass is 19.3. The quantitative estimate of drug-likeness (QED) is 0.590. The molecule has 1 N–H and O–H groups in total. The van der Waals surface area contributed by atoms with Gasteiger partial charge in [0, 0.05) is 30.4 Å². The topological polar surface area (TPSA) is 69.6 Å². The lowest BCUT2D eigenvalue weighted by molar-refractivity contribution is -0.0486. The van der Waals surface area contributed by atoms with Gasteiger partial charge in [0.15, 0.2) is 5.75 Å². The number of nitrogens with zero attached hydrogens (tertiary/aromatic N) is 1. The van der Waals surface area contributed by atoms with Gasteiger partial charge in [-0.3, -0.25) is 4.79 Å². The Morgan fingerprint density at radius 1 is 1.22 bits per heavy atom. The Morgan fingerprint density at radius 3 is 2.69 bits per heavy atom. The summed E-state index contributed by atoms with van der Waals surface area (Å²) in [5, 5.41) is 3.51. The Labute approximate surface area is 182 Å². The second-order valence-electron chi connectivity index (χ2n) is 8.24. The van der Waals surface area contributed by atoms with Gasteiger partial charge in [0.1, 0.15) is 5.56 Å². The molecule has 8 heteroatoms. The molecule has 1 aromatic heterocycles. The lowest BCUT2D eigenvalue weighted by atomic mass is 9.96. The van der Waals surface area contributed by atoms with Gasteiger partial charge in [0.25, 0.3) is 0 Å². The monoisotopic (exact) mass is 440 g/mol. The van der Waals surface area contributed by atoms with Crippen molar-refractivity contribution in [2.45, 2.75) is 45.0 Å². The maximum atomic E-state index is 13.5. The minimum atomic E-state index is -3.07. The van der Waals surface area contributed by atoms with Crippen LogP contribution in [0.2, 0.25) is 0 Å². The van der Waals surface area contributed by atoms with Crippen molar-refractivity contribution in [3.8, 4) is 16.9 Å². The molecule has 32 heavy (non-hydrogen) atoms. The molecule has 3 aromatic rings. The molecule has 1 fully saturated rings. The minimum absolute atomic E-state index is 0.00171. The first-order chi connectivity index (χ1) is 15.4. The van der Waals surface area contributed by atoms with Crippen molar-refractivity contribution < 1.29 is 23.0 Å². The number of alkyl halides is 2. The number of carbonyl (C=O) groups excluding carboxylic acids is 1. The molecule has 5 rings (SSSR count). The van der Waals surface area contributed by atoms with Crippen LogP contribution >= 0.6 is 0 Å². The van der Waals surface area contributed by atoms with Gasteiger partial charge in [-0.15, -0.1) is 0 Å². The van der Waals surface area contributed by atoms with Gasteiger partial charge < -0.3 is 19.4 Å². The third kappa shape index (κ3) is 3.35. The highest BCUT2D eigenvalue weighted by Crippen LogP contribution is 2.43. The third-order valence-electron chi connectivity index (χ3n) is 6.22. The summed E-state index contributed by atoms with van der Waals surface area (Å²) in [5.74, 6) is -0.816. The first kappa shape index (κ1) is 20.6. The lowest BCUT2D eigenvalue weighted by Gasteiger charge is -2.19. The number of aromatic nitrogens is 1. The van der Waals surface area contributed by atoms with Crippen molar-refractivity contribution in [1.82, 2.24) is 9.88 Å². The second kappa shape index (κ2) is 7.70. The fourth-order valence-corrected chi connectivity index (χ4v) is 4.47. The number of fused-ring (bicyclic) bond motifs is 2. The van der Waals surface area contributed by atoms with Crippen LogP contribution in [0.4, 0.5) is 8.78 Å². The molecule has 1 saturated carbocycles. The fraction of sp³-hybridized carbons (Fsp3) is 0.333. The Balaban J connectivity index is 1.79. The normalized spacial score (nSPS) is 17.6. The van der Waals surface area contributed by atoms with E-state index in [2.05, 4.69) is 12.2 Å². The maximum Gasteiger partial charge on any atom is 0.387 e. The molecule has 2 aliphatic rings. The van der Waals surface area contributed by atoms with Crippen LogP contribution in [-0.4, -0.2) is 24.3 Å². The predicted molar refractivity (Wildman–Crippen MR) is 115 cm³/mol. The smallest absolute Gasteiger partial charge is 0.387 e. The number of halogens is 2. The highest BCUT2D eigenvalue weighted by molar-refractivity contribution is 5.98. The molecule has 0 bridgehead atoms. The number of ether oxygens (including phenoxy) is 2. The summed E-state index contributed by atoms with van der Waals surface area (Å²) >= 11 is 0. The summed E-state index contributed by atoms with van der Waals surface area (Å²) in [6.07, 6.45) is 3.04. The van der Waals surface area contributed by atoms with Crippen LogP contribution in [0.25, 0.3) is 22.0 Å². The van der Waals surface area contributed by atoms with Gasteiger partial charge in [-0.25, -0.2) is 4.79 Å². The lowest BCUT2D eigenvalue weighted by Crippen LogP contribution is -2.21. The van der Waals surface area contributed by atoms with Crippen LogP contribution in [0.5, 0.6) is 5.75 Å². The van der Waals surface area contributed by atoms with Gasteiger partial charge in [0.05, 0.1) is 18.0 Å². The SMILES string of the molecule is COC(=O)c1cn(C2CC2)c2c(OC(F)F)c(-c3ccc4c(c3)CNC4C)ccc2c1=O. The molecule has 0 amide bonds. The molecule has 6 nitrogen and oxygen atoms in total. The Kier molecular flexibility index (Phi) is 4.97. The molecule has 0 spiro atoms. The molecule has 0 radical (unpaired) electrons. The number of methoxy groups -OCH3 is 1. The predicted octanol–water partition coefficient (Wildman–Crippen LogP) is 4.56. The Bertz CT molecular complexity index is 1300. The minimum Gasteiger partial charge on any atom is -0.465 e. The fourth-order valence-electron chi connectivity index (χ4n) is 4.47. The summed E-state index contributed by atoms with van der Waals surface area (Å²) in [6, 6.07) is 9.24. The summed E-state index contributed by atoms with van der Waals surface area (Å²) in [5.41, 5.74) is 3.04. The second-order valence-corrected chi connectivity index (χ2v) is 8.24. The molecule has 0 saturated heterocycles. The van der Waals surface area contributed by atoms with E-state index in [1.165, 1.54) is 18.9 Å². The number of hydrogen-bond acceptors (Lipinski definition) is 5. The summed E-state index contributed by atoms with van der Waals surface area (Å²) in [7, 11) is 1.20. The largest absolute Gasteiger partial charge is 0.465 e. The summed E-state index contributed by atoms with van der Waals surface area (Å²) in [6.45, 7) is -0.309. The average Bonchev–Trinajstić information content (AvgIpc) is 3.56. The van der Waals surface area contributed by atoms with Gasteiger partial charge in [0.2, 0.25) is 5.43 Å². The summed E-state index contributed by atoms with van der Waals surface area (Å²) in [4.78, 5) is 25.2. The number of nitrogens with one attached hydrogen (secondary N) is 1. The number of esters is 1. The van der Waals surface area contributed by atoms with Crippen LogP contribution in [0.1, 0.15) is 53.3 Å². The number of benzene rings is 2. The first-order valence-corrected chi connectivity index (χ1v) is 10.5. The summed E-state index contributed by atoms with van der Waals surface area (Å²) < 4.78 is 38.6. The zero-order valence-corrected chi connectivity index (χ0v) is 17.7. The van der Waals surface area contributed by atoms with Crippen molar-refractivity contribution in [3.63, 3.8) is 0 Å². The van der Waals surface area contributed by atoms with Crippen molar-refractivity contribution >= 4 is 16.9 Å². The van der Waals surface area contributed by atoms with E-state index >= 15 is 0 Å². The van der Waals surface area contributed by atoms with E-state index < -0.39 is 18.0 Å². The van der Waals surface area contributed by atoms with Crippen LogP contribution in [0.15, 0.2) is 41.3 Å². The zero-order valence-electron chi connectivity index (χ0n) is 17.7. The molecular formula is C24H22F2N2O4. The van der Waals surface area contributed by atoms with Gasteiger partial charge in [-0.2, -0.15) is 8.78 Å². The number of carbonyl (C=O) groups is 1. The maximum absolute atomic E-state index is 13.5. The van der Waals surface area contributed by atoms with E-state index in [0.717, 1.165) is 24.0 Å². The van der Waals surface area contributed by atoms with E-state index in [1.807, 2.05) is 18.2 Å². The van der Waals surface area contributed by atoms with Crippen LogP contribution < -0.4 is 15.5 Å². The van der Waals surface area contributed by atoms with Gasteiger partial charge in [-0.1, -0.05) is 12.1 Å². The zero-order chi connectivity index (χ0) is 22.6. The van der Waals surface area contributed by atoms with Crippen LogP contribution in [-0.2, 0) is 11.3 Å². The molecule has 1 aliphatic heterocycles. The van der Waals surface area contributed by atoms with E-state index in [4.69, 9.17) is 9.47 Å². The first-order valence-electron chi connectivity index (χ1n) is 10.5. The molecule has 2 heterocycles. The van der Waals surface area contributed by atoms with E-state index in [-0.39, 0.29) is 34.3 Å². The number of pyridine rings is 1. The standard InChI is InChI=1S/C24H22F2N2O4/c1-12-16-6-3-13(9-14(16)10-27-12)17-7-8-18-20(22(17)32-24(25)26)28(15-4-5-15)11-19(21(18)29)23(30)31-2/h3,6-9,11-12,15,24,27H,4-5,10H2,1-2H3. The van der Waals surface area contributed by atoms with Gasteiger partial charge in [-0.05, 0) is 54.7 Å². The molecule has 1 atom stereocenters. The van der Waals surface area contributed by atoms with E-state index in [1.54, 1.807) is 16.7 Å². The van der Waals surface area contributed by atoms with Gasteiger partial charge >= 0.3 is 12.6 Å².